The third-order valence-electron chi connectivity index (χ3n) is 2.23. The number of carbonyl (C=O) groups is 1. The Kier molecular flexibility index (Phi) is 2.76. The van der Waals surface area contributed by atoms with Crippen LogP contribution in [-0.4, -0.2) is 23.3 Å². The lowest BCUT2D eigenvalue weighted by atomic mass is 9.75. The summed E-state index contributed by atoms with van der Waals surface area (Å²) in [5, 5.41) is 2.84. The monoisotopic (exact) mass is 200 g/mol. The Morgan fingerprint density at radius 2 is 2.00 bits per heavy atom. The first-order valence-electron chi connectivity index (χ1n) is 4.97. The van der Waals surface area contributed by atoms with Gasteiger partial charge in [-0.2, -0.15) is 0 Å². The van der Waals surface area contributed by atoms with E-state index in [0.29, 0.717) is 0 Å². The van der Waals surface area contributed by atoms with Crippen LogP contribution in [0.25, 0.3) is 0 Å². The second kappa shape index (κ2) is 3.42. The van der Waals surface area contributed by atoms with E-state index in [2.05, 4.69) is 5.32 Å². The topological polar surface area (TPSA) is 64.3 Å². The van der Waals surface area contributed by atoms with Crippen LogP contribution in [0.4, 0.5) is 4.79 Å². The van der Waals surface area contributed by atoms with Crippen LogP contribution in [0.2, 0.25) is 0 Å². The molecule has 0 spiro atoms. The quantitative estimate of drug-likeness (QED) is 0.672. The molecule has 0 aromatic heterocycles. The summed E-state index contributed by atoms with van der Waals surface area (Å²) in [4.78, 5) is 11.4. The van der Waals surface area contributed by atoms with E-state index in [1.54, 1.807) is 0 Å². The number of nitrogens with one attached hydrogen (secondary N) is 1. The Balaban J connectivity index is 2.35. The van der Waals surface area contributed by atoms with E-state index in [-0.39, 0.29) is 17.7 Å². The van der Waals surface area contributed by atoms with E-state index >= 15 is 0 Å². The summed E-state index contributed by atoms with van der Waals surface area (Å²) in [6.45, 7) is 7.53. The van der Waals surface area contributed by atoms with Gasteiger partial charge in [-0.3, -0.25) is 0 Å². The summed E-state index contributed by atoms with van der Waals surface area (Å²) in [6, 6.07) is 0.218. The van der Waals surface area contributed by atoms with Gasteiger partial charge >= 0.3 is 6.09 Å². The van der Waals surface area contributed by atoms with Crippen LogP contribution < -0.4 is 11.1 Å². The second-order valence-corrected chi connectivity index (χ2v) is 5.36. The summed E-state index contributed by atoms with van der Waals surface area (Å²) in [5.74, 6) is 0. The van der Waals surface area contributed by atoms with Crippen molar-refractivity contribution in [1.29, 1.82) is 0 Å². The highest BCUT2D eigenvalue weighted by molar-refractivity contribution is 5.69. The maximum absolute atomic E-state index is 11.4. The first kappa shape index (κ1) is 11.3. The third kappa shape index (κ3) is 3.18. The Hall–Kier alpha value is -0.770. The van der Waals surface area contributed by atoms with E-state index < -0.39 is 5.60 Å². The van der Waals surface area contributed by atoms with Crippen LogP contribution in [-0.2, 0) is 4.74 Å². The second-order valence-electron chi connectivity index (χ2n) is 5.36. The van der Waals surface area contributed by atoms with Crippen LogP contribution >= 0.6 is 0 Å². The molecule has 4 nitrogen and oxygen atoms in total. The minimum atomic E-state index is -0.438. The number of amides is 1. The van der Waals surface area contributed by atoms with Crippen LogP contribution in [0.5, 0.6) is 0 Å². The van der Waals surface area contributed by atoms with E-state index in [1.165, 1.54) is 0 Å². The van der Waals surface area contributed by atoms with Crippen molar-refractivity contribution in [2.45, 2.75) is 57.7 Å². The van der Waals surface area contributed by atoms with Gasteiger partial charge in [0.05, 0.1) is 0 Å². The summed E-state index contributed by atoms with van der Waals surface area (Å²) in [6.07, 6.45) is 1.30. The largest absolute Gasteiger partial charge is 0.444 e. The first-order valence-corrected chi connectivity index (χ1v) is 4.97. The molecule has 0 aliphatic heterocycles. The highest BCUT2D eigenvalue weighted by Crippen LogP contribution is 2.30. The van der Waals surface area contributed by atoms with Gasteiger partial charge in [-0.1, -0.05) is 0 Å². The van der Waals surface area contributed by atoms with Gasteiger partial charge in [0, 0.05) is 11.6 Å². The molecule has 1 aliphatic rings. The molecule has 0 heterocycles. The molecule has 0 atom stereocenters. The Morgan fingerprint density at radius 3 is 2.36 bits per heavy atom. The Morgan fingerprint density at radius 1 is 1.50 bits per heavy atom. The molecule has 4 heteroatoms. The molecule has 0 aromatic carbocycles. The van der Waals surface area contributed by atoms with Gasteiger partial charge in [-0.25, -0.2) is 4.79 Å². The minimum absolute atomic E-state index is 0.165. The van der Waals surface area contributed by atoms with E-state index in [1.807, 2.05) is 27.7 Å². The zero-order valence-electron chi connectivity index (χ0n) is 9.39. The molecule has 1 fully saturated rings. The van der Waals surface area contributed by atoms with Crippen molar-refractivity contribution < 1.29 is 9.53 Å². The molecule has 0 radical (unpaired) electrons. The lowest BCUT2D eigenvalue weighted by Crippen LogP contribution is -2.60. The average molecular weight is 200 g/mol. The maximum Gasteiger partial charge on any atom is 0.408 e. The number of rotatable bonds is 1. The number of alkyl carbamates (subject to hydrolysis) is 1. The fraction of sp³-hybridized carbons (Fsp3) is 0.900. The smallest absolute Gasteiger partial charge is 0.408 e. The van der Waals surface area contributed by atoms with Crippen molar-refractivity contribution in [3.63, 3.8) is 0 Å². The molecule has 0 saturated heterocycles. The van der Waals surface area contributed by atoms with E-state index in [9.17, 15) is 4.79 Å². The van der Waals surface area contributed by atoms with Gasteiger partial charge in [0.2, 0.25) is 0 Å². The number of ether oxygens (including phenoxy) is 1. The Bertz CT molecular complexity index is 227. The lowest BCUT2D eigenvalue weighted by molar-refractivity contribution is 0.0386. The average Bonchev–Trinajstić information content (AvgIpc) is 1.76. The molecule has 0 bridgehead atoms. The zero-order chi connectivity index (χ0) is 11.0. The number of carbonyl (C=O) groups excluding carboxylic acids is 1. The van der Waals surface area contributed by atoms with Gasteiger partial charge in [-0.15, -0.1) is 0 Å². The van der Waals surface area contributed by atoms with Gasteiger partial charge in [0.25, 0.3) is 0 Å². The number of hydrogen-bond donors (Lipinski definition) is 2. The SMILES string of the molecule is CC(C)(C)OC(=O)N[C@]1(C)C[C@H](N)C1. The van der Waals surface area contributed by atoms with Crippen molar-refractivity contribution in [2.75, 3.05) is 0 Å². The maximum atomic E-state index is 11.4. The van der Waals surface area contributed by atoms with Crippen LogP contribution in [0.15, 0.2) is 0 Å². The standard InChI is InChI=1S/C10H20N2O2/c1-9(2,3)14-8(13)12-10(4)5-7(11)6-10/h7H,5-6,11H2,1-4H3,(H,12,13)/t7-,10+. The molecule has 0 unspecified atom stereocenters. The minimum Gasteiger partial charge on any atom is -0.444 e. The normalized spacial score (nSPS) is 31.9. The summed E-state index contributed by atoms with van der Waals surface area (Å²) in [5.41, 5.74) is 5.06. The zero-order valence-corrected chi connectivity index (χ0v) is 9.39. The predicted octanol–water partition coefficient (Wildman–Crippen LogP) is 1.39. The van der Waals surface area contributed by atoms with Gasteiger partial charge in [0.1, 0.15) is 5.60 Å². The van der Waals surface area contributed by atoms with Crippen LogP contribution in [0.3, 0.4) is 0 Å². The molecule has 1 amide bonds. The highest BCUT2D eigenvalue weighted by atomic mass is 16.6. The van der Waals surface area contributed by atoms with Gasteiger partial charge in [-0.05, 0) is 40.5 Å². The molecule has 82 valence electrons. The molecular weight excluding hydrogens is 180 g/mol. The molecule has 1 rings (SSSR count). The Labute approximate surface area is 85.2 Å². The van der Waals surface area contributed by atoms with Crippen molar-refractivity contribution in [3.05, 3.63) is 0 Å². The fourth-order valence-corrected chi connectivity index (χ4v) is 1.75. The molecule has 1 saturated carbocycles. The van der Waals surface area contributed by atoms with Crippen molar-refractivity contribution in [3.8, 4) is 0 Å². The predicted molar refractivity (Wildman–Crippen MR) is 55.0 cm³/mol. The summed E-state index contributed by atoms with van der Waals surface area (Å²) >= 11 is 0. The third-order valence-corrected chi connectivity index (χ3v) is 2.23. The van der Waals surface area contributed by atoms with E-state index in [4.69, 9.17) is 10.5 Å². The number of hydrogen-bond acceptors (Lipinski definition) is 3. The van der Waals surface area contributed by atoms with Crippen LogP contribution in [0.1, 0.15) is 40.5 Å². The van der Waals surface area contributed by atoms with Crippen molar-refractivity contribution in [2.24, 2.45) is 5.73 Å². The fourth-order valence-electron chi connectivity index (χ4n) is 1.75. The molecule has 14 heavy (non-hydrogen) atoms. The van der Waals surface area contributed by atoms with Crippen molar-refractivity contribution >= 4 is 6.09 Å². The van der Waals surface area contributed by atoms with Gasteiger partial charge in [0.15, 0.2) is 0 Å². The highest BCUT2D eigenvalue weighted by Gasteiger charge is 2.40. The number of nitrogens with two attached hydrogens (primary N) is 1. The van der Waals surface area contributed by atoms with E-state index in [0.717, 1.165) is 12.8 Å². The molecule has 0 aromatic rings. The summed E-state index contributed by atoms with van der Waals surface area (Å²) in [7, 11) is 0. The summed E-state index contributed by atoms with van der Waals surface area (Å²) < 4.78 is 5.15. The molecule has 3 N–H and O–H groups in total. The molecule has 1 aliphatic carbocycles. The van der Waals surface area contributed by atoms with Crippen LogP contribution in [0, 0.1) is 0 Å². The lowest BCUT2D eigenvalue weighted by Gasteiger charge is -2.43. The first-order chi connectivity index (χ1) is 6.20. The molecular formula is C10H20N2O2. The van der Waals surface area contributed by atoms with Gasteiger partial charge < -0.3 is 15.8 Å². The van der Waals surface area contributed by atoms with Crippen molar-refractivity contribution in [1.82, 2.24) is 5.32 Å².